The fourth-order valence-electron chi connectivity index (χ4n) is 1.59. The summed E-state index contributed by atoms with van der Waals surface area (Å²) in [5.41, 5.74) is 0. The molecule has 0 atom stereocenters. The molecule has 1 amide bonds. The van der Waals surface area contributed by atoms with Gasteiger partial charge < -0.3 is 15.2 Å². The molecule has 1 aromatic heterocycles. The van der Waals surface area contributed by atoms with Crippen LogP contribution in [0, 0.1) is 0 Å². The first-order chi connectivity index (χ1) is 9.08. The summed E-state index contributed by atoms with van der Waals surface area (Å²) < 4.78 is 5.41. The molecule has 19 heavy (non-hydrogen) atoms. The SMILES string of the molecule is CCCc1cc(OCCC(=O)NCC)c(C(=O)O)s1. The van der Waals surface area contributed by atoms with Gasteiger partial charge in [0.1, 0.15) is 5.75 Å². The van der Waals surface area contributed by atoms with Crippen LogP contribution in [-0.4, -0.2) is 30.1 Å². The Morgan fingerprint density at radius 3 is 2.74 bits per heavy atom. The van der Waals surface area contributed by atoms with Crippen molar-refractivity contribution in [2.75, 3.05) is 13.2 Å². The van der Waals surface area contributed by atoms with Gasteiger partial charge in [0, 0.05) is 11.4 Å². The van der Waals surface area contributed by atoms with Crippen molar-refractivity contribution in [3.63, 3.8) is 0 Å². The molecule has 0 aromatic carbocycles. The topological polar surface area (TPSA) is 75.6 Å². The van der Waals surface area contributed by atoms with Crippen molar-refractivity contribution in [1.29, 1.82) is 0 Å². The second-order valence-corrected chi connectivity index (χ2v) is 5.15. The molecule has 0 aliphatic rings. The highest BCUT2D eigenvalue weighted by Gasteiger charge is 2.16. The van der Waals surface area contributed by atoms with Crippen molar-refractivity contribution in [1.82, 2.24) is 5.32 Å². The van der Waals surface area contributed by atoms with Crippen molar-refractivity contribution >= 4 is 23.2 Å². The highest BCUT2D eigenvalue weighted by atomic mass is 32.1. The van der Waals surface area contributed by atoms with Crippen LogP contribution in [0.15, 0.2) is 6.07 Å². The van der Waals surface area contributed by atoms with Crippen LogP contribution in [0.2, 0.25) is 0 Å². The van der Waals surface area contributed by atoms with Crippen molar-refractivity contribution in [2.24, 2.45) is 0 Å². The van der Waals surface area contributed by atoms with Gasteiger partial charge in [-0.2, -0.15) is 0 Å². The number of carbonyl (C=O) groups excluding carboxylic acids is 1. The van der Waals surface area contributed by atoms with Crippen LogP contribution >= 0.6 is 11.3 Å². The van der Waals surface area contributed by atoms with Gasteiger partial charge in [0.2, 0.25) is 5.91 Å². The number of rotatable bonds is 8. The molecule has 0 fully saturated rings. The second kappa shape index (κ2) is 7.78. The predicted octanol–water partition coefficient (Wildman–Crippen LogP) is 2.30. The molecule has 0 saturated heterocycles. The van der Waals surface area contributed by atoms with Crippen LogP contribution < -0.4 is 10.1 Å². The van der Waals surface area contributed by atoms with Crippen LogP contribution in [0.25, 0.3) is 0 Å². The molecule has 5 nitrogen and oxygen atoms in total. The molecule has 1 rings (SSSR count). The molecule has 0 aliphatic heterocycles. The Morgan fingerprint density at radius 1 is 1.42 bits per heavy atom. The van der Waals surface area contributed by atoms with Gasteiger partial charge in [0.15, 0.2) is 4.88 Å². The fourth-order valence-corrected chi connectivity index (χ4v) is 2.63. The number of hydrogen-bond donors (Lipinski definition) is 2. The summed E-state index contributed by atoms with van der Waals surface area (Å²) in [5, 5.41) is 11.8. The highest BCUT2D eigenvalue weighted by molar-refractivity contribution is 7.14. The summed E-state index contributed by atoms with van der Waals surface area (Å²) in [4.78, 5) is 23.5. The Hall–Kier alpha value is -1.56. The maximum atomic E-state index is 11.3. The van der Waals surface area contributed by atoms with Gasteiger partial charge in [-0.25, -0.2) is 4.79 Å². The van der Waals surface area contributed by atoms with Crippen LogP contribution in [0.5, 0.6) is 5.75 Å². The third-order valence-corrected chi connectivity index (χ3v) is 3.56. The number of thiophene rings is 1. The Morgan fingerprint density at radius 2 is 2.16 bits per heavy atom. The first kappa shape index (κ1) is 15.5. The minimum absolute atomic E-state index is 0.0941. The van der Waals surface area contributed by atoms with Crippen molar-refractivity contribution in [3.05, 3.63) is 15.8 Å². The van der Waals surface area contributed by atoms with E-state index in [0.29, 0.717) is 12.3 Å². The number of carbonyl (C=O) groups is 2. The molecule has 1 heterocycles. The maximum Gasteiger partial charge on any atom is 0.349 e. The number of carboxylic acids is 1. The molecule has 2 N–H and O–H groups in total. The largest absolute Gasteiger partial charge is 0.491 e. The zero-order chi connectivity index (χ0) is 14.3. The molecule has 0 bridgehead atoms. The summed E-state index contributed by atoms with van der Waals surface area (Å²) in [7, 11) is 0. The third-order valence-electron chi connectivity index (χ3n) is 2.40. The van der Waals surface area contributed by atoms with Crippen LogP contribution in [-0.2, 0) is 11.2 Å². The molecule has 0 spiro atoms. The van der Waals surface area contributed by atoms with Crippen molar-refractivity contribution in [2.45, 2.75) is 33.1 Å². The summed E-state index contributed by atoms with van der Waals surface area (Å²) in [5.74, 6) is -0.714. The Labute approximate surface area is 116 Å². The average molecular weight is 285 g/mol. The van der Waals surface area contributed by atoms with Crippen molar-refractivity contribution < 1.29 is 19.4 Å². The number of aromatic carboxylic acids is 1. The smallest absolute Gasteiger partial charge is 0.349 e. The van der Waals surface area contributed by atoms with E-state index in [1.165, 1.54) is 11.3 Å². The Kier molecular flexibility index (Phi) is 6.35. The summed E-state index contributed by atoms with van der Waals surface area (Å²) >= 11 is 1.24. The first-order valence-corrected chi connectivity index (χ1v) is 7.15. The number of nitrogens with one attached hydrogen (secondary N) is 1. The lowest BCUT2D eigenvalue weighted by molar-refractivity contribution is -0.121. The minimum Gasteiger partial charge on any atom is -0.491 e. The molecular weight excluding hydrogens is 266 g/mol. The normalized spacial score (nSPS) is 10.2. The summed E-state index contributed by atoms with van der Waals surface area (Å²) in [6, 6.07) is 1.76. The number of ether oxygens (including phenoxy) is 1. The van der Waals surface area contributed by atoms with Crippen LogP contribution in [0.1, 0.15) is 41.2 Å². The van der Waals surface area contributed by atoms with Crippen LogP contribution in [0.4, 0.5) is 0 Å². The van der Waals surface area contributed by atoms with E-state index in [4.69, 9.17) is 9.84 Å². The molecule has 106 valence electrons. The molecule has 0 unspecified atom stereocenters. The quantitative estimate of drug-likeness (QED) is 0.768. The zero-order valence-electron chi connectivity index (χ0n) is 11.2. The number of amides is 1. The van der Waals surface area contributed by atoms with E-state index in [1.54, 1.807) is 6.07 Å². The molecule has 0 saturated carbocycles. The van der Waals surface area contributed by atoms with Crippen molar-refractivity contribution in [3.8, 4) is 5.75 Å². The van der Waals surface area contributed by atoms with Gasteiger partial charge in [-0.15, -0.1) is 11.3 Å². The van der Waals surface area contributed by atoms with Gasteiger partial charge >= 0.3 is 5.97 Å². The van der Waals surface area contributed by atoms with Gasteiger partial charge in [-0.3, -0.25) is 4.79 Å². The Balaban J connectivity index is 2.60. The van der Waals surface area contributed by atoms with E-state index in [0.717, 1.165) is 17.7 Å². The lowest BCUT2D eigenvalue weighted by Gasteiger charge is -2.05. The van der Waals surface area contributed by atoms with Gasteiger partial charge in [-0.05, 0) is 19.4 Å². The fraction of sp³-hybridized carbons (Fsp3) is 0.538. The average Bonchev–Trinajstić information content (AvgIpc) is 2.73. The maximum absolute atomic E-state index is 11.3. The molecule has 1 aromatic rings. The standard InChI is InChI=1S/C13H19NO4S/c1-3-5-9-8-10(12(19-9)13(16)17)18-7-6-11(15)14-4-2/h8H,3-7H2,1-2H3,(H,14,15)(H,16,17). The third kappa shape index (κ3) is 4.90. The van der Waals surface area contributed by atoms with Gasteiger partial charge in [0.25, 0.3) is 0 Å². The summed E-state index contributed by atoms with van der Waals surface area (Å²) in [6.07, 6.45) is 2.02. The molecule has 6 heteroatoms. The first-order valence-electron chi connectivity index (χ1n) is 6.34. The van der Waals surface area contributed by atoms with E-state index in [1.807, 2.05) is 13.8 Å². The number of aryl methyl sites for hydroxylation is 1. The number of hydrogen-bond acceptors (Lipinski definition) is 4. The Bertz CT molecular complexity index is 442. The zero-order valence-corrected chi connectivity index (χ0v) is 12.0. The van der Waals surface area contributed by atoms with E-state index in [-0.39, 0.29) is 23.8 Å². The lowest BCUT2D eigenvalue weighted by Crippen LogP contribution is -2.24. The van der Waals surface area contributed by atoms with E-state index < -0.39 is 5.97 Å². The van der Waals surface area contributed by atoms with E-state index >= 15 is 0 Å². The molecule has 0 radical (unpaired) electrons. The van der Waals surface area contributed by atoms with E-state index in [2.05, 4.69) is 5.32 Å². The summed E-state index contributed by atoms with van der Waals surface area (Å²) in [6.45, 7) is 4.65. The molecule has 0 aliphatic carbocycles. The van der Waals surface area contributed by atoms with Gasteiger partial charge in [0.05, 0.1) is 13.0 Å². The number of carboxylic acid groups (broad SMARTS) is 1. The highest BCUT2D eigenvalue weighted by Crippen LogP contribution is 2.30. The monoisotopic (exact) mass is 285 g/mol. The van der Waals surface area contributed by atoms with Gasteiger partial charge in [-0.1, -0.05) is 13.3 Å². The van der Waals surface area contributed by atoms with E-state index in [9.17, 15) is 9.59 Å². The second-order valence-electron chi connectivity index (χ2n) is 4.01. The minimum atomic E-state index is -0.986. The molecular formula is C13H19NO4S. The lowest BCUT2D eigenvalue weighted by atomic mass is 10.3. The van der Waals surface area contributed by atoms with Crippen LogP contribution in [0.3, 0.4) is 0 Å². The predicted molar refractivity (Wildman–Crippen MR) is 74.1 cm³/mol.